The Bertz CT molecular complexity index is 696. The number of hydrogen-bond donors (Lipinski definition) is 1. The van der Waals surface area contributed by atoms with Crippen molar-refractivity contribution < 1.29 is 13.6 Å². The number of nitrogens with zero attached hydrogens (tertiary/aromatic N) is 2. The van der Waals surface area contributed by atoms with Crippen LogP contribution in [0.4, 0.5) is 14.5 Å². The molecule has 0 radical (unpaired) electrons. The largest absolute Gasteiger partial charge is 0.371 e. The Hall–Kier alpha value is -2.47. The van der Waals surface area contributed by atoms with Crippen molar-refractivity contribution >= 4 is 11.6 Å². The maximum atomic E-state index is 13.6. The number of rotatable bonds is 5. The fraction of sp³-hybridized carbons (Fsp3) is 0.316. The second-order valence-electron chi connectivity index (χ2n) is 6.09. The van der Waals surface area contributed by atoms with Crippen LogP contribution in [0.25, 0.3) is 0 Å². The minimum Gasteiger partial charge on any atom is -0.371 e. The molecular weight excluding hydrogens is 324 g/mol. The minimum absolute atomic E-state index is 0.115. The summed E-state index contributed by atoms with van der Waals surface area (Å²) in [6.45, 7) is 3.56. The zero-order valence-electron chi connectivity index (χ0n) is 13.9. The van der Waals surface area contributed by atoms with Crippen LogP contribution in [-0.4, -0.2) is 48.4 Å². The van der Waals surface area contributed by atoms with Gasteiger partial charge >= 0.3 is 0 Å². The topological polar surface area (TPSA) is 35.6 Å². The van der Waals surface area contributed by atoms with Crippen LogP contribution in [-0.2, 0) is 11.3 Å². The van der Waals surface area contributed by atoms with Gasteiger partial charge in [0.25, 0.3) is 0 Å². The van der Waals surface area contributed by atoms with Crippen molar-refractivity contribution in [3.8, 4) is 0 Å². The number of amides is 1. The second-order valence-corrected chi connectivity index (χ2v) is 6.09. The Morgan fingerprint density at radius 2 is 1.56 bits per heavy atom. The van der Waals surface area contributed by atoms with Gasteiger partial charge in [-0.05, 0) is 17.7 Å². The van der Waals surface area contributed by atoms with Crippen LogP contribution in [0.2, 0.25) is 0 Å². The summed E-state index contributed by atoms with van der Waals surface area (Å²) in [6, 6.07) is 13.8. The van der Waals surface area contributed by atoms with Gasteiger partial charge in [-0.2, -0.15) is 0 Å². The third-order valence-corrected chi connectivity index (χ3v) is 4.35. The first-order valence-corrected chi connectivity index (χ1v) is 8.35. The average molecular weight is 345 g/mol. The first-order valence-electron chi connectivity index (χ1n) is 8.35. The summed E-state index contributed by atoms with van der Waals surface area (Å²) in [7, 11) is 0. The Morgan fingerprint density at radius 1 is 0.920 bits per heavy atom. The summed E-state index contributed by atoms with van der Waals surface area (Å²) in [4.78, 5) is 16.3. The van der Waals surface area contributed by atoms with Crippen LogP contribution in [0.1, 0.15) is 5.56 Å². The van der Waals surface area contributed by atoms with Gasteiger partial charge in [0.1, 0.15) is 17.3 Å². The van der Waals surface area contributed by atoms with E-state index < -0.39 is 11.6 Å². The third kappa shape index (κ3) is 4.54. The Labute approximate surface area is 146 Å². The Balaban J connectivity index is 1.47. The van der Waals surface area contributed by atoms with Gasteiger partial charge in [0.05, 0.1) is 6.54 Å². The van der Waals surface area contributed by atoms with E-state index in [1.54, 1.807) is 4.90 Å². The summed E-state index contributed by atoms with van der Waals surface area (Å²) in [6.07, 6.45) is 0. The van der Waals surface area contributed by atoms with Gasteiger partial charge in [0, 0.05) is 32.7 Å². The molecule has 0 bridgehead atoms. The Kier molecular flexibility index (Phi) is 5.60. The molecule has 1 heterocycles. The predicted molar refractivity (Wildman–Crippen MR) is 93.1 cm³/mol. The molecular formula is C19H21F2N3O. The van der Waals surface area contributed by atoms with Crippen molar-refractivity contribution in [2.24, 2.45) is 0 Å². The molecule has 1 fully saturated rings. The van der Waals surface area contributed by atoms with E-state index in [4.69, 9.17) is 0 Å². The number of para-hydroxylation sites is 1. The van der Waals surface area contributed by atoms with E-state index >= 15 is 0 Å². The standard InChI is InChI=1S/C19H21F2N3O/c20-16-7-4-8-17(21)19(16)22-13-18(25)24-11-9-23(10-12-24)14-15-5-2-1-3-6-15/h1-8,22H,9-14H2. The number of anilines is 1. The molecule has 2 aromatic rings. The molecule has 132 valence electrons. The van der Waals surface area contributed by atoms with Crippen LogP contribution in [0.15, 0.2) is 48.5 Å². The number of benzene rings is 2. The van der Waals surface area contributed by atoms with Crippen LogP contribution >= 0.6 is 0 Å². The average Bonchev–Trinajstić information content (AvgIpc) is 2.62. The predicted octanol–water partition coefficient (Wildman–Crippen LogP) is 2.72. The van der Waals surface area contributed by atoms with E-state index in [1.165, 1.54) is 11.6 Å². The highest BCUT2D eigenvalue weighted by Crippen LogP contribution is 2.17. The van der Waals surface area contributed by atoms with Crippen LogP contribution < -0.4 is 5.32 Å². The van der Waals surface area contributed by atoms with Gasteiger partial charge in [-0.3, -0.25) is 9.69 Å². The highest BCUT2D eigenvalue weighted by Gasteiger charge is 2.21. The molecule has 1 N–H and O–H groups in total. The van der Waals surface area contributed by atoms with Gasteiger partial charge in [-0.15, -0.1) is 0 Å². The summed E-state index contributed by atoms with van der Waals surface area (Å²) in [5.41, 5.74) is 0.998. The van der Waals surface area contributed by atoms with Gasteiger partial charge in [0.15, 0.2) is 0 Å². The van der Waals surface area contributed by atoms with E-state index in [0.29, 0.717) is 13.1 Å². The second kappa shape index (κ2) is 8.07. The van der Waals surface area contributed by atoms with Crippen molar-refractivity contribution in [2.45, 2.75) is 6.54 Å². The minimum atomic E-state index is -0.694. The van der Waals surface area contributed by atoms with Gasteiger partial charge in [-0.1, -0.05) is 36.4 Å². The maximum absolute atomic E-state index is 13.6. The molecule has 1 amide bonds. The number of piperazine rings is 1. The van der Waals surface area contributed by atoms with Crippen molar-refractivity contribution in [3.05, 3.63) is 65.7 Å². The van der Waals surface area contributed by atoms with Gasteiger partial charge in [-0.25, -0.2) is 8.78 Å². The molecule has 6 heteroatoms. The highest BCUT2D eigenvalue weighted by atomic mass is 19.1. The molecule has 1 saturated heterocycles. The fourth-order valence-electron chi connectivity index (χ4n) is 2.94. The van der Waals surface area contributed by atoms with E-state index in [-0.39, 0.29) is 18.1 Å². The van der Waals surface area contributed by atoms with Crippen LogP contribution in [0.3, 0.4) is 0 Å². The normalized spacial score (nSPS) is 15.2. The number of nitrogens with one attached hydrogen (secondary N) is 1. The molecule has 0 aliphatic carbocycles. The summed E-state index contributed by atoms with van der Waals surface area (Å²) in [5.74, 6) is -1.54. The SMILES string of the molecule is O=C(CNc1c(F)cccc1F)N1CCN(Cc2ccccc2)CC1. The van der Waals surface area contributed by atoms with Gasteiger partial charge in [0.2, 0.25) is 5.91 Å². The fourth-order valence-corrected chi connectivity index (χ4v) is 2.94. The summed E-state index contributed by atoms with van der Waals surface area (Å²) in [5, 5.41) is 2.57. The first-order chi connectivity index (χ1) is 12.1. The number of carbonyl (C=O) groups is 1. The first kappa shape index (κ1) is 17.4. The molecule has 0 saturated carbocycles. The van der Waals surface area contributed by atoms with Gasteiger partial charge < -0.3 is 10.2 Å². The molecule has 0 aromatic heterocycles. The number of hydrogen-bond acceptors (Lipinski definition) is 3. The summed E-state index contributed by atoms with van der Waals surface area (Å²) < 4.78 is 27.1. The van der Waals surface area contributed by atoms with E-state index in [0.717, 1.165) is 31.8 Å². The number of carbonyl (C=O) groups excluding carboxylic acids is 1. The molecule has 3 rings (SSSR count). The lowest BCUT2D eigenvalue weighted by atomic mass is 10.2. The van der Waals surface area contributed by atoms with Crippen LogP contribution in [0.5, 0.6) is 0 Å². The van der Waals surface area contributed by atoms with E-state index in [1.807, 2.05) is 18.2 Å². The lowest BCUT2D eigenvalue weighted by Crippen LogP contribution is -2.49. The lowest BCUT2D eigenvalue weighted by molar-refractivity contribution is -0.131. The van der Waals surface area contributed by atoms with E-state index in [2.05, 4.69) is 22.3 Å². The zero-order valence-corrected chi connectivity index (χ0v) is 13.9. The molecule has 25 heavy (non-hydrogen) atoms. The zero-order chi connectivity index (χ0) is 17.6. The molecule has 0 atom stereocenters. The van der Waals surface area contributed by atoms with Crippen LogP contribution in [0, 0.1) is 11.6 Å². The summed E-state index contributed by atoms with van der Waals surface area (Å²) >= 11 is 0. The number of halogens is 2. The lowest BCUT2D eigenvalue weighted by Gasteiger charge is -2.34. The van der Waals surface area contributed by atoms with Crippen molar-refractivity contribution in [1.29, 1.82) is 0 Å². The quantitative estimate of drug-likeness (QED) is 0.905. The molecule has 1 aliphatic rings. The highest BCUT2D eigenvalue weighted by molar-refractivity contribution is 5.81. The molecule has 2 aromatic carbocycles. The third-order valence-electron chi connectivity index (χ3n) is 4.35. The molecule has 4 nitrogen and oxygen atoms in total. The maximum Gasteiger partial charge on any atom is 0.241 e. The van der Waals surface area contributed by atoms with E-state index in [9.17, 15) is 13.6 Å². The Morgan fingerprint density at radius 3 is 2.20 bits per heavy atom. The molecule has 1 aliphatic heterocycles. The van der Waals surface area contributed by atoms with Crippen molar-refractivity contribution in [2.75, 3.05) is 38.0 Å². The monoisotopic (exact) mass is 345 g/mol. The van der Waals surface area contributed by atoms with Crippen molar-refractivity contribution in [3.63, 3.8) is 0 Å². The molecule has 0 spiro atoms. The van der Waals surface area contributed by atoms with Crippen molar-refractivity contribution in [1.82, 2.24) is 9.80 Å². The molecule has 0 unspecified atom stereocenters. The smallest absolute Gasteiger partial charge is 0.241 e.